The Bertz CT molecular complexity index is 223. The summed E-state index contributed by atoms with van der Waals surface area (Å²) in [6.45, 7) is 0. The molecule has 0 aliphatic heterocycles. The van der Waals surface area contributed by atoms with Crippen LogP contribution in [0.2, 0.25) is 0 Å². The molecule has 1 rings (SSSR count). The van der Waals surface area contributed by atoms with Gasteiger partial charge in [-0.2, -0.15) is 0 Å². The van der Waals surface area contributed by atoms with Crippen molar-refractivity contribution in [1.82, 2.24) is 9.97 Å². The lowest BCUT2D eigenvalue weighted by molar-refractivity contribution is -0.277. The first-order chi connectivity index (χ1) is 5.08. The first-order valence-corrected chi connectivity index (χ1v) is 2.52. The van der Waals surface area contributed by atoms with Crippen molar-refractivity contribution in [3.05, 3.63) is 18.5 Å². The highest BCUT2D eigenvalue weighted by molar-refractivity contribution is 4.92. The Balaban J connectivity index is 2.66. The fraction of sp³-hybridized carbons (Fsp3) is 0.200. The van der Waals surface area contributed by atoms with Crippen molar-refractivity contribution in [2.45, 2.75) is 6.36 Å². The summed E-state index contributed by atoms with van der Waals surface area (Å²) in [5.74, 6) is 0. The Morgan fingerprint density at radius 1 is 1.27 bits per heavy atom. The van der Waals surface area contributed by atoms with Gasteiger partial charge in [0, 0.05) is 18.5 Å². The molecule has 1 aromatic heterocycles. The number of aromatic nitrogens is 2. The summed E-state index contributed by atoms with van der Waals surface area (Å²) in [6.07, 6.45) is -2.66. The summed E-state index contributed by atoms with van der Waals surface area (Å²) in [7, 11) is 0. The van der Waals surface area contributed by atoms with Gasteiger partial charge in [-0.3, -0.25) is 0 Å². The van der Waals surface area contributed by atoms with Crippen molar-refractivity contribution in [2.24, 2.45) is 0 Å². The molecule has 0 saturated heterocycles. The number of rotatable bonds is 1. The lowest BCUT2D eigenvalue weighted by atomic mass is 10.7. The van der Waals surface area contributed by atoms with E-state index in [-0.39, 0.29) is 0 Å². The van der Waals surface area contributed by atoms with Gasteiger partial charge in [0.25, 0.3) is 0 Å². The van der Waals surface area contributed by atoms with Gasteiger partial charge in [0.1, 0.15) is 0 Å². The Morgan fingerprint density at radius 2 is 1.82 bits per heavy atom. The topological polar surface area (TPSA) is 35.0 Å². The number of halogens is 3. The fourth-order valence-electron chi connectivity index (χ4n) is 0.408. The Kier molecular flexibility index (Phi) is 1.93. The highest BCUT2D eigenvalue weighted by Crippen LogP contribution is 2.17. The molecule has 1 aromatic rings. The summed E-state index contributed by atoms with van der Waals surface area (Å²) in [4.78, 5) is 6.31. The summed E-state index contributed by atoms with van der Waals surface area (Å²) >= 11 is 0. The van der Waals surface area contributed by atoms with Crippen LogP contribution in [0.5, 0.6) is 6.01 Å². The van der Waals surface area contributed by atoms with Gasteiger partial charge in [-0.1, -0.05) is 0 Å². The van der Waals surface area contributed by atoms with Crippen LogP contribution < -0.4 is 4.74 Å². The first kappa shape index (κ1) is 7.77. The Morgan fingerprint density at radius 3 is 2.27 bits per heavy atom. The van der Waals surface area contributed by atoms with Crippen LogP contribution >= 0.6 is 0 Å². The molecule has 0 aliphatic rings. The van der Waals surface area contributed by atoms with Crippen LogP contribution in [0.4, 0.5) is 13.2 Å². The molecule has 0 spiro atoms. The van der Waals surface area contributed by atoms with Gasteiger partial charge < -0.3 is 4.74 Å². The van der Waals surface area contributed by atoms with Crippen LogP contribution in [0.3, 0.4) is 0 Å². The second-order valence-corrected chi connectivity index (χ2v) is 1.51. The van der Waals surface area contributed by atoms with E-state index in [4.69, 9.17) is 0 Å². The molecule has 0 aliphatic carbocycles. The van der Waals surface area contributed by atoms with E-state index >= 15 is 0 Å². The second-order valence-electron chi connectivity index (χ2n) is 1.51. The lowest BCUT2D eigenvalue weighted by Crippen LogP contribution is -2.18. The summed E-state index contributed by atoms with van der Waals surface area (Å²) in [6, 6.07) is 1.62. The first-order valence-electron chi connectivity index (χ1n) is 2.52. The van der Waals surface area contributed by atoms with E-state index in [0.717, 1.165) is 12.4 Å². The molecule has 11 heavy (non-hydrogen) atoms. The lowest BCUT2D eigenvalue weighted by Gasteiger charge is -2.04. The summed E-state index contributed by atoms with van der Waals surface area (Å²) in [5.41, 5.74) is 0. The molecule has 0 amide bonds. The zero-order chi connectivity index (χ0) is 8.32. The van der Waals surface area contributed by atoms with Crippen LogP contribution in [0.1, 0.15) is 0 Å². The third-order valence-corrected chi connectivity index (χ3v) is 0.706. The van der Waals surface area contributed by atoms with Crippen LogP contribution in [0, 0.1) is 6.07 Å². The minimum Gasteiger partial charge on any atom is -0.371 e. The monoisotopic (exact) mass is 163 g/mol. The smallest absolute Gasteiger partial charge is 0.371 e. The molecule has 0 atom stereocenters. The average Bonchev–Trinajstić information content (AvgIpc) is 1.85. The molecule has 0 unspecified atom stereocenters. The van der Waals surface area contributed by atoms with E-state index in [1.807, 2.05) is 0 Å². The van der Waals surface area contributed by atoms with Crippen LogP contribution in [0.25, 0.3) is 0 Å². The molecular formula is C5H2F3N2O. The van der Waals surface area contributed by atoms with Crippen molar-refractivity contribution < 1.29 is 17.9 Å². The van der Waals surface area contributed by atoms with Crippen molar-refractivity contribution in [3.8, 4) is 6.01 Å². The highest BCUT2D eigenvalue weighted by Gasteiger charge is 2.32. The van der Waals surface area contributed by atoms with Crippen molar-refractivity contribution >= 4 is 0 Å². The van der Waals surface area contributed by atoms with Gasteiger partial charge >= 0.3 is 12.4 Å². The maximum Gasteiger partial charge on any atom is 0.575 e. The van der Waals surface area contributed by atoms with E-state index < -0.39 is 12.4 Å². The Labute approximate surface area is 59.8 Å². The van der Waals surface area contributed by atoms with Crippen LogP contribution in [-0.2, 0) is 0 Å². The predicted molar refractivity (Wildman–Crippen MR) is 27.6 cm³/mol. The molecule has 1 heterocycles. The molecule has 0 N–H and O–H groups in total. The van der Waals surface area contributed by atoms with Crippen molar-refractivity contribution in [2.75, 3.05) is 0 Å². The van der Waals surface area contributed by atoms with E-state index in [9.17, 15) is 13.2 Å². The van der Waals surface area contributed by atoms with E-state index in [0.29, 0.717) is 0 Å². The zero-order valence-corrected chi connectivity index (χ0v) is 5.09. The Hall–Kier alpha value is -1.33. The van der Waals surface area contributed by atoms with Crippen LogP contribution in [0.15, 0.2) is 12.4 Å². The molecule has 0 aromatic carbocycles. The molecular weight excluding hydrogens is 161 g/mol. The average molecular weight is 163 g/mol. The molecule has 0 bridgehead atoms. The molecule has 0 fully saturated rings. The third kappa shape index (κ3) is 2.83. The van der Waals surface area contributed by atoms with Gasteiger partial charge in [0.05, 0.1) is 0 Å². The number of hydrogen-bond acceptors (Lipinski definition) is 3. The minimum absolute atomic E-state index is 0.726. The quantitative estimate of drug-likeness (QED) is 0.623. The van der Waals surface area contributed by atoms with Gasteiger partial charge in [0.15, 0.2) is 0 Å². The van der Waals surface area contributed by atoms with E-state index in [1.54, 1.807) is 0 Å². The number of nitrogens with zero attached hydrogens (tertiary/aromatic N) is 2. The van der Waals surface area contributed by atoms with E-state index in [1.165, 1.54) is 0 Å². The zero-order valence-electron chi connectivity index (χ0n) is 5.09. The number of hydrogen-bond donors (Lipinski definition) is 0. The summed E-state index contributed by atoms with van der Waals surface area (Å²) in [5, 5.41) is 0. The van der Waals surface area contributed by atoms with Gasteiger partial charge in [-0.15, -0.1) is 13.2 Å². The third-order valence-electron chi connectivity index (χ3n) is 0.706. The summed E-state index contributed by atoms with van der Waals surface area (Å²) < 4.78 is 37.6. The molecule has 6 heteroatoms. The van der Waals surface area contributed by atoms with Gasteiger partial charge in [0.2, 0.25) is 0 Å². The fourth-order valence-corrected chi connectivity index (χ4v) is 0.408. The van der Waals surface area contributed by atoms with Crippen molar-refractivity contribution in [1.29, 1.82) is 0 Å². The maximum absolute atomic E-state index is 11.4. The predicted octanol–water partition coefficient (Wildman–Crippen LogP) is 1.18. The molecule has 1 radical (unpaired) electrons. The molecule has 0 saturated carbocycles. The number of ether oxygens (including phenoxy) is 1. The highest BCUT2D eigenvalue weighted by atomic mass is 19.4. The number of alkyl halides is 3. The second kappa shape index (κ2) is 2.73. The van der Waals surface area contributed by atoms with E-state index in [2.05, 4.69) is 20.8 Å². The molecule has 59 valence electrons. The minimum atomic E-state index is -4.73. The normalized spacial score (nSPS) is 11.2. The van der Waals surface area contributed by atoms with Crippen LogP contribution in [-0.4, -0.2) is 16.3 Å². The largest absolute Gasteiger partial charge is 0.575 e. The van der Waals surface area contributed by atoms with Crippen molar-refractivity contribution in [3.63, 3.8) is 0 Å². The SMILES string of the molecule is FC(F)(F)Oc1nc[c]cn1. The maximum atomic E-state index is 11.4. The van der Waals surface area contributed by atoms with Gasteiger partial charge in [-0.05, 0) is 0 Å². The van der Waals surface area contributed by atoms with Gasteiger partial charge in [-0.25, -0.2) is 9.97 Å². The molecule has 3 nitrogen and oxygen atoms in total. The standard InChI is InChI=1S/C5H2F3N2O/c6-5(7,8)11-4-9-2-1-3-10-4/h2-3H.